The second kappa shape index (κ2) is 7.82. The summed E-state index contributed by atoms with van der Waals surface area (Å²) in [4.78, 5) is 43.3. The lowest BCUT2D eigenvalue weighted by Gasteiger charge is -2.21. The summed E-state index contributed by atoms with van der Waals surface area (Å²) < 4.78 is 0. The smallest absolute Gasteiger partial charge is 0.333 e. The van der Waals surface area contributed by atoms with Crippen LogP contribution >= 0.6 is 0 Å². The molecular formula is C13H15N3O7. The number of carboxylic acids is 1. The van der Waals surface area contributed by atoms with Crippen LogP contribution in [0.25, 0.3) is 0 Å². The minimum absolute atomic E-state index is 0.128. The summed E-state index contributed by atoms with van der Waals surface area (Å²) in [5, 5.41) is 32.9. The van der Waals surface area contributed by atoms with E-state index in [2.05, 4.69) is 5.32 Å². The molecule has 10 heteroatoms. The molecule has 0 aromatic heterocycles. The lowest BCUT2D eigenvalue weighted by atomic mass is 9.95. The van der Waals surface area contributed by atoms with Crippen LogP contribution in [0.5, 0.6) is 0 Å². The highest BCUT2D eigenvalue weighted by molar-refractivity contribution is 5.96. The molecule has 0 radical (unpaired) electrons. The highest BCUT2D eigenvalue weighted by Crippen LogP contribution is 2.13. The Balaban J connectivity index is 3.02. The van der Waals surface area contributed by atoms with Crippen molar-refractivity contribution in [3.8, 4) is 0 Å². The zero-order valence-corrected chi connectivity index (χ0v) is 12.1. The van der Waals surface area contributed by atoms with Gasteiger partial charge in [0.05, 0.1) is 5.92 Å². The van der Waals surface area contributed by atoms with E-state index in [1.54, 1.807) is 18.2 Å². The third kappa shape index (κ3) is 5.02. The van der Waals surface area contributed by atoms with Gasteiger partial charge in [-0.05, 0) is 19.1 Å². The van der Waals surface area contributed by atoms with Gasteiger partial charge in [0.1, 0.15) is 0 Å². The molecule has 1 aromatic carbocycles. The van der Waals surface area contributed by atoms with Gasteiger partial charge in [-0.2, -0.15) is 0 Å². The van der Waals surface area contributed by atoms with Crippen LogP contribution in [0.4, 0.5) is 0 Å². The van der Waals surface area contributed by atoms with E-state index in [1.165, 1.54) is 19.1 Å². The zero-order valence-electron chi connectivity index (χ0n) is 12.1. The Hall–Kier alpha value is -3.04. The third-order valence-corrected chi connectivity index (χ3v) is 3.19. The summed E-state index contributed by atoms with van der Waals surface area (Å²) in [5.74, 6) is -3.62. The molecule has 0 aliphatic heterocycles. The Bertz CT molecular complexity index is 605. The Morgan fingerprint density at radius 3 is 2.22 bits per heavy atom. The molecule has 0 aliphatic carbocycles. The summed E-state index contributed by atoms with van der Waals surface area (Å²) in [7, 11) is 0. The topological polar surface area (TPSA) is 153 Å². The van der Waals surface area contributed by atoms with Gasteiger partial charge in [-0.3, -0.25) is 25.0 Å². The van der Waals surface area contributed by atoms with E-state index in [9.17, 15) is 34.9 Å². The van der Waals surface area contributed by atoms with Crippen molar-refractivity contribution in [2.75, 3.05) is 6.54 Å². The average molecular weight is 325 g/mol. The summed E-state index contributed by atoms with van der Waals surface area (Å²) in [6, 6.07) is 3.85. The minimum atomic E-state index is -1.88. The van der Waals surface area contributed by atoms with E-state index in [1.807, 2.05) is 0 Å². The molecule has 0 fully saturated rings. The van der Waals surface area contributed by atoms with Gasteiger partial charge >= 0.3 is 5.97 Å². The van der Waals surface area contributed by atoms with E-state index in [0.29, 0.717) is 0 Å². The summed E-state index contributed by atoms with van der Waals surface area (Å²) >= 11 is 0. The predicted molar refractivity (Wildman–Crippen MR) is 77.1 cm³/mol. The molecule has 0 saturated heterocycles. The van der Waals surface area contributed by atoms with Crippen molar-refractivity contribution in [1.82, 2.24) is 5.32 Å². The van der Waals surface area contributed by atoms with Crippen molar-refractivity contribution in [2.45, 2.75) is 19.0 Å². The minimum Gasteiger partial charge on any atom is -0.480 e. The number of hydrogen-bond acceptors (Lipinski definition) is 6. The number of hydrogen-bond donors (Lipinski definition) is 2. The van der Waals surface area contributed by atoms with E-state index >= 15 is 0 Å². The van der Waals surface area contributed by atoms with Crippen molar-refractivity contribution in [2.24, 2.45) is 5.92 Å². The normalized spacial score (nSPS) is 14.3. The standard InChI is InChI=1S/C13H15N3O7/c1-8(7-15(20)21)11(16(22)23)10(13(18)19)14-12(17)9-5-3-2-4-6-9/h2-6,8,10-11H,7H2,1H3,(H,14,17)(H,18,19)/t8?,10-,11?/m0/s1. The van der Waals surface area contributed by atoms with Gasteiger partial charge in [0.2, 0.25) is 6.54 Å². The summed E-state index contributed by atoms with van der Waals surface area (Å²) in [6.45, 7) is 0.414. The Labute approximate surface area is 130 Å². The molecule has 2 N–H and O–H groups in total. The fourth-order valence-corrected chi connectivity index (χ4v) is 2.11. The molecule has 0 spiro atoms. The number of nitrogens with zero attached hydrogens (tertiary/aromatic N) is 2. The molecule has 10 nitrogen and oxygen atoms in total. The van der Waals surface area contributed by atoms with Crippen LogP contribution in [0.15, 0.2) is 30.3 Å². The largest absolute Gasteiger partial charge is 0.480 e. The van der Waals surface area contributed by atoms with Gasteiger partial charge in [0, 0.05) is 15.4 Å². The Morgan fingerprint density at radius 1 is 1.22 bits per heavy atom. The lowest BCUT2D eigenvalue weighted by molar-refractivity contribution is -0.555. The number of benzene rings is 1. The first-order valence-corrected chi connectivity index (χ1v) is 6.58. The van der Waals surface area contributed by atoms with Crippen molar-refractivity contribution < 1.29 is 24.5 Å². The van der Waals surface area contributed by atoms with Gasteiger partial charge in [-0.1, -0.05) is 18.2 Å². The second-order valence-corrected chi connectivity index (χ2v) is 4.92. The Kier molecular flexibility index (Phi) is 6.13. The van der Waals surface area contributed by atoms with Gasteiger partial charge < -0.3 is 10.4 Å². The maximum absolute atomic E-state index is 12.0. The SMILES string of the molecule is CC(C[N+](=O)[O-])C([C@H](NC(=O)c1ccccc1)C(=O)O)[N+](=O)[O-]. The Morgan fingerprint density at radius 2 is 1.78 bits per heavy atom. The van der Waals surface area contributed by atoms with Crippen LogP contribution < -0.4 is 5.32 Å². The molecule has 3 atom stereocenters. The molecule has 1 amide bonds. The zero-order chi connectivity index (χ0) is 17.6. The quantitative estimate of drug-likeness (QED) is 0.519. The number of nitrogens with one attached hydrogen (secondary N) is 1. The van der Waals surface area contributed by atoms with Gasteiger partial charge in [0.15, 0.2) is 6.04 Å². The van der Waals surface area contributed by atoms with E-state index in [4.69, 9.17) is 0 Å². The number of amides is 1. The fraction of sp³-hybridized carbons (Fsp3) is 0.385. The predicted octanol–water partition coefficient (Wildman–Crippen LogP) is 0.428. The van der Waals surface area contributed by atoms with E-state index in [0.717, 1.165) is 0 Å². The van der Waals surface area contributed by atoms with Crippen LogP contribution in [0, 0.1) is 26.1 Å². The van der Waals surface area contributed by atoms with E-state index < -0.39 is 46.3 Å². The fourth-order valence-electron chi connectivity index (χ4n) is 2.11. The molecular weight excluding hydrogens is 310 g/mol. The van der Waals surface area contributed by atoms with Crippen molar-refractivity contribution >= 4 is 11.9 Å². The number of carboxylic acid groups (broad SMARTS) is 1. The highest BCUT2D eigenvalue weighted by atomic mass is 16.6. The molecule has 0 aliphatic rings. The maximum Gasteiger partial charge on any atom is 0.333 e. The van der Waals surface area contributed by atoms with Crippen LogP contribution in [0.1, 0.15) is 17.3 Å². The monoisotopic (exact) mass is 325 g/mol. The molecule has 0 saturated carbocycles. The van der Waals surface area contributed by atoms with Crippen LogP contribution in [0.3, 0.4) is 0 Å². The molecule has 1 aromatic rings. The van der Waals surface area contributed by atoms with Gasteiger partial charge in [-0.15, -0.1) is 0 Å². The molecule has 23 heavy (non-hydrogen) atoms. The number of rotatable bonds is 8. The molecule has 124 valence electrons. The van der Waals surface area contributed by atoms with Gasteiger partial charge in [-0.25, -0.2) is 4.79 Å². The lowest BCUT2D eigenvalue weighted by Crippen LogP contribution is -2.55. The molecule has 1 rings (SSSR count). The number of aliphatic carboxylic acids is 1. The number of carbonyl (C=O) groups excluding carboxylic acids is 1. The molecule has 0 bridgehead atoms. The average Bonchev–Trinajstić information content (AvgIpc) is 2.46. The molecule has 2 unspecified atom stereocenters. The first kappa shape index (κ1) is 18.0. The van der Waals surface area contributed by atoms with Crippen molar-refractivity contribution in [3.63, 3.8) is 0 Å². The molecule has 0 heterocycles. The van der Waals surface area contributed by atoms with Crippen LogP contribution in [0.2, 0.25) is 0 Å². The second-order valence-electron chi connectivity index (χ2n) is 4.92. The highest BCUT2D eigenvalue weighted by Gasteiger charge is 2.44. The number of carbonyl (C=O) groups is 2. The first-order valence-electron chi connectivity index (χ1n) is 6.58. The van der Waals surface area contributed by atoms with Crippen molar-refractivity contribution in [3.05, 3.63) is 56.1 Å². The van der Waals surface area contributed by atoms with Gasteiger partial charge in [0.25, 0.3) is 11.9 Å². The summed E-state index contributed by atoms with van der Waals surface area (Å²) in [5.41, 5.74) is 0.128. The first-order chi connectivity index (χ1) is 10.7. The third-order valence-electron chi connectivity index (χ3n) is 3.19. The van der Waals surface area contributed by atoms with Crippen LogP contribution in [-0.4, -0.2) is 45.5 Å². The van der Waals surface area contributed by atoms with E-state index in [-0.39, 0.29) is 5.56 Å². The van der Waals surface area contributed by atoms with Crippen molar-refractivity contribution in [1.29, 1.82) is 0 Å². The maximum atomic E-state index is 12.0. The summed E-state index contributed by atoms with van der Waals surface area (Å²) in [6.07, 6.45) is 0. The number of nitro groups is 2. The van der Waals surface area contributed by atoms with Crippen LogP contribution in [-0.2, 0) is 4.79 Å².